The van der Waals surface area contributed by atoms with Gasteiger partial charge >= 0.3 is 0 Å². The molecular formula is C17H14FN3. The van der Waals surface area contributed by atoms with Crippen molar-refractivity contribution in [3.05, 3.63) is 53.8 Å². The molecule has 0 saturated carbocycles. The van der Waals surface area contributed by atoms with Crippen LogP contribution < -0.4 is 0 Å². The molecule has 0 saturated heterocycles. The number of halogens is 1. The number of nitrogens with zero attached hydrogens (tertiary/aromatic N) is 3. The number of imidazole rings is 1. The van der Waals surface area contributed by atoms with Crippen molar-refractivity contribution in [2.75, 3.05) is 0 Å². The lowest BCUT2D eigenvalue weighted by molar-refractivity contribution is 0.621. The summed E-state index contributed by atoms with van der Waals surface area (Å²) in [6, 6.07) is 14.1. The molecule has 0 aliphatic heterocycles. The van der Waals surface area contributed by atoms with E-state index in [2.05, 4.69) is 29.5 Å². The van der Waals surface area contributed by atoms with E-state index in [-0.39, 0.29) is 11.9 Å². The summed E-state index contributed by atoms with van der Waals surface area (Å²) in [6.45, 7) is 4.15. The van der Waals surface area contributed by atoms with Crippen molar-refractivity contribution < 1.29 is 4.39 Å². The van der Waals surface area contributed by atoms with Crippen molar-refractivity contribution in [2.24, 2.45) is 0 Å². The Labute approximate surface area is 122 Å². The average Bonchev–Trinajstić information content (AvgIpc) is 2.86. The number of fused-ring (bicyclic) bond motifs is 1. The van der Waals surface area contributed by atoms with Crippen LogP contribution >= 0.6 is 0 Å². The third-order valence-corrected chi connectivity index (χ3v) is 3.44. The van der Waals surface area contributed by atoms with Crippen LogP contribution in [0.15, 0.2) is 42.5 Å². The summed E-state index contributed by atoms with van der Waals surface area (Å²) in [7, 11) is 0. The first-order chi connectivity index (χ1) is 10.1. The maximum absolute atomic E-state index is 13.1. The molecule has 0 aliphatic rings. The van der Waals surface area contributed by atoms with Crippen LogP contribution in [0.3, 0.4) is 0 Å². The maximum atomic E-state index is 13.1. The molecule has 0 fully saturated rings. The van der Waals surface area contributed by atoms with Crippen LogP contribution in [0.25, 0.3) is 22.4 Å². The Bertz CT molecular complexity index is 839. The second kappa shape index (κ2) is 5.02. The van der Waals surface area contributed by atoms with Gasteiger partial charge in [0.1, 0.15) is 11.6 Å². The van der Waals surface area contributed by atoms with Crippen LogP contribution in [0.1, 0.15) is 25.5 Å². The van der Waals surface area contributed by atoms with Gasteiger partial charge in [-0.15, -0.1) is 0 Å². The van der Waals surface area contributed by atoms with Crippen LogP contribution in [0, 0.1) is 17.1 Å². The van der Waals surface area contributed by atoms with Gasteiger partial charge in [0, 0.05) is 11.6 Å². The van der Waals surface area contributed by atoms with Gasteiger partial charge in [0.05, 0.1) is 22.7 Å². The average molecular weight is 279 g/mol. The standard InChI is InChI=1S/C17H14FN3/c1-11(2)21-16-8-3-12(10-19)9-15(16)20-17(21)13-4-6-14(18)7-5-13/h3-9,11H,1-2H3. The first-order valence-corrected chi connectivity index (χ1v) is 6.78. The number of rotatable bonds is 2. The van der Waals surface area contributed by atoms with Gasteiger partial charge in [-0.1, -0.05) is 0 Å². The molecule has 0 aliphatic carbocycles. The summed E-state index contributed by atoms with van der Waals surface area (Å²) in [5.41, 5.74) is 3.20. The van der Waals surface area contributed by atoms with E-state index in [1.54, 1.807) is 24.3 Å². The summed E-state index contributed by atoms with van der Waals surface area (Å²) >= 11 is 0. The normalized spacial score (nSPS) is 11.0. The third-order valence-electron chi connectivity index (χ3n) is 3.44. The van der Waals surface area contributed by atoms with E-state index >= 15 is 0 Å². The molecule has 1 aromatic heterocycles. The lowest BCUT2D eigenvalue weighted by Gasteiger charge is -2.13. The number of hydrogen-bond acceptors (Lipinski definition) is 2. The summed E-state index contributed by atoms with van der Waals surface area (Å²) in [5.74, 6) is 0.521. The Hall–Kier alpha value is -2.67. The number of hydrogen-bond donors (Lipinski definition) is 0. The molecule has 0 bridgehead atoms. The molecule has 3 nitrogen and oxygen atoms in total. The fourth-order valence-corrected chi connectivity index (χ4v) is 2.49. The zero-order valence-corrected chi connectivity index (χ0v) is 11.8. The van der Waals surface area contributed by atoms with Gasteiger partial charge in [-0.05, 0) is 56.3 Å². The lowest BCUT2D eigenvalue weighted by Crippen LogP contribution is -2.03. The molecule has 21 heavy (non-hydrogen) atoms. The first-order valence-electron chi connectivity index (χ1n) is 6.78. The van der Waals surface area contributed by atoms with Gasteiger partial charge in [-0.3, -0.25) is 0 Å². The highest BCUT2D eigenvalue weighted by Crippen LogP contribution is 2.28. The minimum absolute atomic E-state index is 0.211. The first kappa shape index (κ1) is 13.3. The quantitative estimate of drug-likeness (QED) is 0.702. The maximum Gasteiger partial charge on any atom is 0.141 e. The van der Waals surface area contributed by atoms with Gasteiger partial charge in [0.15, 0.2) is 0 Å². The van der Waals surface area contributed by atoms with Crippen molar-refractivity contribution in [1.29, 1.82) is 5.26 Å². The second-order valence-electron chi connectivity index (χ2n) is 5.22. The smallest absolute Gasteiger partial charge is 0.141 e. The number of benzene rings is 2. The van der Waals surface area contributed by atoms with E-state index in [0.29, 0.717) is 5.56 Å². The van der Waals surface area contributed by atoms with Crippen LogP contribution in [0.5, 0.6) is 0 Å². The zero-order chi connectivity index (χ0) is 15.0. The van der Waals surface area contributed by atoms with Crippen LogP contribution in [0.2, 0.25) is 0 Å². The van der Waals surface area contributed by atoms with Gasteiger partial charge < -0.3 is 4.57 Å². The molecule has 3 rings (SSSR count). The van der Waals surface area contributed by atoms with Crippen LogP contribution in [0.4, 0.5) is 4.39 Å². The largest absolute Gasteiger partial charge is 0.321 e. The SMILES string of the molecule is CC(C)n1c(-c2ccc(F)cc2)nc2cc(C#N)ccc21. The third kappa shape index (κ3) is 2.27. The minimum atomic E-state index is -0.266. The predicted molar refractivity (Wildman–Crippen MR) is 80.2 cm³/mol. The Morgan fingerprint density at radius 3 is 2.48 bits per heavy atom. The molecule has 0 unspecified atom stereocenters. The number of aromatic nitrogens is 2. The van der Waals surface area contributed by atoms with Crippen molar-refractivity contribution in [2.45, 2.75) is 19.9 Å². The summed E-state index contributed by atoms with van der Waals surface area (Å²) < 4.78 is 15.2. The molecule has 0 N–H and O–H groups in total. The Morgan fingerprint density at radius 1 is 1.14 bits per heavy atom. The fraction of sp³-hybridized carbons (Fsp3) is 0.176. The molecule has 1 heterocycles. The van der Waals surface area contributed by atoms with E-state index in [9.17, 15) is 4.39 Å². The second-order valence-corrected chi connectivity index (χ2v) is 5.22. The molecule has 0 radical (unpaired) electrons. The van der Waals surface area contributed by atoms with Crippen molar-refractivity contribution in [1.82, 2.24) is 9.55 Å². The molecule has 104 valence electrons. The minimum Gasteiger partial charge on any atom is -0.321 e. The molecule has 3 aromatic rings. The van der Waals surface area contributed by atoms with E-state index in [1.807, 2.05) is 6.07 Å². The molecule has 0 spiro atoms. The number of nitriles is 1. The Kier molecular flexibility index (Phi) is 3.19. The molecule has 0 atom stereocenters. The lowest BCUT2D eigenvalue weighted by atomic mass is 10.2. The van der Waals surface area contributed by atoms with Crippen molar-refractivity contribution >= 4 is 11.0 Å². The molecule has 2 aromatic carbocycles. The van der Waals surface area contributed by atoms with Gasteiger partial charge in [-0.25, -0.2) is 9.37 Å². The van der Waals surface area contributed by atoms with Crippen LogP contribution in [-0.4, -0.2) is 9.55 Å². The molecule has 0 amide bonds. The monoisotopic (exact) mass is 279 g/mol. The van der Waals surface area contributed by atoms with E-state index < -0.39 is 0 Å². The van der Waals surface area contributed by atoms with Gasteiger partial charge in [0.2, 0.25) is 0 Å². The molecular weight excluding hydrogens is 265 g/mol. The van der Waals surface area contributed by atoms with E-state index in [4.69, 9.17) is 5.26 Å². The highest BCUT2D eigenvalue weighted by molar-refractivity contribution is 5.82. The van der Waals surface area contributed by atoms with Gasteiger partial charge in [0.25, 0.3) is 0 Å². The van der Waals surface area contributed by atoms with Crippen molar-refractivity contribution in [3.8, 4) is 17.5 Å². The highest BCUT2D eigenvalue weighted by Gasteiger charge is 2.15. The summed E-state index contributed by atoms with van der Waals surface area (Å²) in [6.07, 6.45) is 0. The topological polar surface area (TPSA) is 41.6 Å². The molecule has 4 heteroatoms. The fourth-order valence-electron chi connectivity index (χ4n) is 2.49. The zero-order valence-electron chi connectivity index (χ0n) is 11.8. The van der Waals surface area contributed by atoms with Crippen molar-refractivity contribution in [3.63, 3.8) is 0 Å². The Balaban J connectivity index is 2.28. The predicted octanol–water partition coefficient (Wildman–Crippen LogP) is 4.29. The summed E-state index contributed by atoms with van der Waals surface area (Å²) in [4.78, 5) is 4.63. The van der Waals surface area contributed by atoms with Gasteiger partial charge in [-0.2, -0.15) is 5.26 Å². The highest BCUT2D eigenvalue weighted by atomic mass is 19.1. The van der Waals surface area contributed by atoms with Crippen LogP contribution in [-0.2, 0) is 0 Å². The Morgan fingerprint density at radius 2 is 1.86 bits per heavy atom. The van der Waals surface area contributed by atoms with E-state index in [0.717, 1.165) is 22.4 Å². The van der Waals surface area contributed by atoms with E-state index in [1.165, 1.54) is 12.1 Å². The summed E-state index contributed by atoms with van der Waals surface area (Å²) in [5, 5.41) is 9.00.